The largest absolute Gasteiger partial charge is 1.00 e. The van der Waals surface area contributed by atoms with Gasteiger partial charge in [-0.05, 0) is 75.1 Å². The van der Waals surface area contributed by atoms with Crippen molar-refractivity contribution in [3.63, 3.8) is 0 Å². The summed E-state index contributed by atoms with van der Waals surface area (Å²) in [6.45, 7) is 7.84. The summed E-state index contributed by atoms with van der Waals surface area (Å²) in [6.07, 6.45) is 7.60. The third kappa shape index (κ3) is 17.7. The van der Waals surface area contributed by atoms with E-state index in [1.165, 1.54) is 0 Å². The van der Waals surface area contributed by atoms with Crippen LogP contribution in [-0.2, 0) is 51.3 Å². The number of unbranched alkanes of at least 4 members (excludes halogenated alkanes) is 2. The van der Waals surface area contributed by atoms with Gasteiger partial charge in [-0.3, -0.25) is 9.79 Å². The Balaban J connectivity index is 0.00000641. The number of allylic oxidation sites excluding steroid dienone is 4. The molecular formula is C37H47KN4Na2O14S4. The smallest absolute Gasteiger partial charge is 0.748 e. The van der Waals surface area contributed by atoms with Gasteiger partial charge in [-0.2, -0.15) is 4.58 Å². The molecule has 4 rings (SSSR count). The molecule has 0 radical (unpaired) electrons. The van der Waals surface area contributed by atoms with Crippen molar-refractivity contribution in [1.29, 1.82) is 0 Å². The van der Waals surface area contributed by atoms with Gasteiger partial charge in [0.2, 0.25) is 5.69 Å². The quantitative estimate of drug-likeness (QED) is 0.0304. The third-order valence-corrected chi connectivity index (χ3v) is 12.9. The molecule has 0 aliphatic carbocycles. The summed E-state index contributed by atoms with van der Waals surface area (Å²) < 4.78 is 141. The fraction of sp³-hybridized carbons (Fsp3) is 0.486. The zero-order chi connectivity index (χ0) is 44.0. The molecule has 25 heteroatoms. The molecule has 18 nitrogen and oxygen atoms in total. The maximum absolute atomic E-state index is 13.0. The zero-order valence-corrected chi connectivity index (χ0v) is 46.3. The number of nitrogens with zero attached hydrogens (tertiary/aromatic N) is 3. The Labute approximate surface area is 451 Å². The van der Waals surface area contributed by atoms with Crippen LogP contribution in [0.4, 0.5) is 11.4 Å². The topological polar surface area (TPSA) is 286 Å². The van der Waals surface area contributed by atoms with Crippen molar-refractivity contribution in [2.24, 2.45) is 4.99 Å². The molecule has 0 fully saturated rings. The van der Waals surface area contributed by atoms with Crippen LogP contribution in [0.2, 0.25) is 0 Å². The van der Waals surface area contributed by atoms with Crippen LogP contribution >= 0.6 is 0 Å². The number of hydrogen-bond acceptors (Lipinski definition) is 16. The number of rotatable bonds is 21. The van der Waals surface area contributed by atoms with Crippen molar-refractivity contribution < 1.29 is 176 Å². The van der Waals surface area contributed by atoms with E-state index in [9.17, 15) is 56.7 Å². The van der Waals surface area contributed by atoms with Gasteiger partial charge in [0.25, 0.3) is 5.91 Å². The van der Waals surface area contributed by atoms with Crippen LogP contribution in [0.25, 0.3) is 0 Å². The second-order valence-electron chi connectivity index (χ2n) is 15.1. The number of amides is 1. The number of aliphatic imine (C=N–C) groups is 1. The van der Waals surface area contributed by atoms with Crippen LogP contribution in [0.3, 0.4) is 0 Å². The van der Waals surface area contributed by atoms with Gasteiger partial charge in [-0.25, -0.2) is 33.7 Å². The van der Waals surface area contributed by atoms with Gasteiger partial charge < -0.3 is 33.2 Å². The van der Waals surface area contributed by atoms with E-state index >= 15 is 0 Å². The average Bonchev–Trinajstić information content (AvgIpc) is 3.44. The Morgan fingerprint density at radius 1 is 0.774 bits per heavy atom. The van der Waals surface area contributed by atoms with Gasteiger partial charge in [0.15, 0.2) is 12.1 Å². The fourth-order valence-corrected chi connectivity index (χ4v) is 8.86. The predicted molar refractivity (Wildman–Crippen MR) is 216 cm³/mol. The summed E-state index contributed by atoms with van der Waals surface area (Å²) >= 11 is 0. The van der Waals surface area contributed by atoms with E-state index < -0.39 is 80.2 Å². The number of fused-ring (bicyclic) bond motifs is 2. The Morgan fingerprint density at radius 3 is 1.97 bits per heavy atom. The summed E-state index contributed by atoms with van der Waals surface area (Å²) in [7, 11) is -17.8. The first-order valence-corrected chi connectivity index (χ1v) is 24.8. The number of ether oxygens (including phenoxy) is 1. The van der Waals surface area contributed by atoms with E-state index in [0.717, 1.165) is 40.3 Å². The van der Waals surface area contributed by atoms with E-state index in [4.69, 9.17) is 4.74 Å². The Kier molecular flexibility index (Phi) is 23.6. The minimum Gasteiger partial charge on any atom is -0.748 e. The number of carbonyl (C=O) groups is 1. The van der Waals surface area contributed by atoms with Crippen molar-refractivity contribution >= 4 is 69.9 Å². The number of anilines is 1. The molecule has 1 amide bonds. The van der Waals surface area contributed by atoms with Crippen molar-refractivity contribution in [3.05, 3.63) is 77.0 Å². The summed E-state index contributed by atoms with van der Waals surface area (Å²) in [4.78, 5) is 18.8. The molecule has 2 heterocycles. The molecule has 1 N–H and O–H groups in total. The maximum atomic E-state index is 13.0. The molecule has 0 aromatic heterocycles. The molecule has 0 saturated heterocycles. The molecule has 2 aromatic rings. The molecule has 62 heavy (non-hydrogen) atoms. The minimum atomic E-state index is -4.54. The second kappa shape index (κ2) is 24.6. The van der Waals surface area contributed by atoms with Crippen LogP contribution in [-0.4, -0.2) is 124 Å². The Morgan fingerprint density at radius 2 is 1.37 bits per heavy atom. The zero-order valence-electron chi connectivity index (χ0n) is 35.9. The van der Waals surface area contributed by atoms with E-state index in [0.29, 0.717) is 31.7 Å². The summed E-state index contributed by atoms with van der Waals surface area (Å²) in [6, 6.07) is 10.2. The third-order valence-electron chi connectivity index (χ3n) is 9.95. The van der Waals surface area contributed by atoms with Crippen LogP contribution in [0.5, 0.6) is 5.75 Å². The predicted octanol–water partition coefficient (Wildman–Crippen LogP) is -6.81. The first kappa shape index (κ1) is 59.6. The van der Waals surface area contributed by atoms with E-state index in [2.05, 4.69) is 10.3 Å². The number of benzene rings is 2. The van der Waals surface area contributed by atoms with Crippen molar-refractivity contribution in [2.75, 3.05) is 54.1 Å². The molecule has 2 aliphatic rings. The standard InChI is InChI=1S/C37H50N4O14S4.K.2Na/c1-36(2)29-24-27(35(42)39-17-23-59(52,53)54)12-14-31(29)40(18-5-7-20-56(43,44)45)33(36)10-9-11-34-37(3,4)30-25-28(55-26-38-16-22-58(49,50)51)13-15-32(30)41(34)19-6-8-21-57(46,47)48;;;/h9-15,24-26H,5-8,16-23H2,1-4H3,(H4-,39,42,43,44,45,46,47,48,49,50,51,52,53,54);;;/q;3*+1/p-3. The molecule has 0 unspecified atom stereocenters. The molecule has 0 atom stereocenters. The van der Waals surface area contributed by atoms with Crippen molar-refractivity contribution in [1.82, 2.24) is 5.32 Å². The van der Waals surface area contributed by atoms with Gasteiger partial charge in [-0.1, -0.05) is 19.9 Å². The first-order chi connectivity index (χ1) is 27.2. The number of carbonyl (C=O) groups excluding carboxylic acids is 1. The number of nitrogens with one attached hydrogen (secondary N) is 1. The van der Waals surface area contributed by atoms with Gasteiger partial charge in [0.05, 0.1) is 63.9 Å². The van der Waals surface area contributed by atoms with Gasteiger partial charge in [-0.15, -0.1) is 0 Å². The SMILES string of the molecule is CC1(C)C(C=C/C=C2/N(CCCCS(=O)(=O)[O-])c3ccc(C(=O)NCCS(=O)(=O)[O-])cc3C2(C)C)=[N+](CCCCS(=O)(=O)[O-])c2ccc(OC=NCCS(=O)(=O)[O-])cc21.[K+].[Na+].[Na+]. The molecule has 2 aliphatic heterocycles. The molecule has 0 bridgehead atoms. The molecule has 2 aromatic carbocycles. The summed E-state index contributed by atoms with van der Waals surface area (Å²) in [5, 5.41) is 2.44. The Hall–Kier alpha value is -0.394. The summed E-state index contributed by atoms with van der Waals surface area (Å²) in [5.74, 6) is -2.72. The maximum Gasteiger partial charge on any atom is 1.00 e. The monoisotopic (exact) mass is 984 g/mol. The van der Waals surface area contributed by atoms with Crippen molar-refractivity contribution in [3.8, 4) is 5.75 Å². The summed E-state index contributed by atoms with van der Waals surface area (Å²) in [5.41, 5.74) is 3.46. The fourth-order valence-electron chi connectivity index (χ4n) is 7.06. The van der Waals surface area contributed by atoms with Gasteiger partial charge >= 0.3 is 110 Å². The van der Waals surface area contributed by atoms with E-state index in [-0.39, 0.29) is 142 Å². The van der Waals surface area contributed by atoms with Crippen LogP contribution in [0.1, 0.15) is 74.9 Å². The molecular weight excluding hydrogens is 938 g/mol. The first-order valence-electron chi connectivity index (χ1n) is 18.5. The van der Waals surface area contributed by atoms with Gasteiger partial charge in [0, 0.05) is 71.1 Å². The van der Waals surface area contributed by atoms with E-state index in [1.54, 1.807) is 36.4 Å². The normalized spacial score (nSPS) is 16.5. The van der Waals surface area contributed by atoms with Crippen LogP contribution < -0.4 is 125 Å². The van der Waals surface area contributed by atoms with E-state index in [1.807, 2.05) is 55.4 Å². The van der Waals surface area contributed by atoms with Crippen LogP contribution in [0.15, 0.2) is 65.3 Å². The minimum absolute atomic E-state index is 0. The van der Waals surface area contributed by atoms with Crippen LogP contribution in [0, 0.1) is 0 Å². The number of hydrogen-bond donors (Lipinski definition) is 1. The second-order valence-corrected chi connectivity index (χ2v) is 21.2. The Bertz CT molecular complexity index is 2510. The van der Waals surface area contributed by atoms with Crippen molar-refractivity contribution in [2.45, 2.75) is 64.2 Å². The van der Waals surface area contributed by atoms with Gasteiger partial charge in [0.1, 0.15) is 12.3 Å². The average molecular weight is 985 g/mol. The molecule has 0 saturated carbocycles. The molecule has 326 valence electrons. The molecule has 0 spiro atoms.